The van der Waals surface area contributed by atoms with Crippen molar-refractivity contribution in [3.05, 3.63) is 64.1 Å². The SMILES string of the molecule is CCN(CCc1ccc(Cl)cc1)c1cccc(Cl)c1. The fourth-order valence-corrected chi connectivity index (χ4v) is 2.37. The van der Waals surface area contributed by atoms with Gasteiger partial charge < -0.3 is 4.90 Å². The van der Waals surface area contributed by atoms with Crippen molar-refractivity contribution in [3.8, 4) is 0 Å². The van der Waals surface area contributed by atoms with Crippen molar-refractivity contribution >= 4 is 28.9 Å². The van der Waals surface area contributed by atoms with Crippen LogP contribution in [0.5, 0.6) is 0 Å². The smallest absolute Gasteiger partial charge is 0.0426 e. The summed E-state index contributed by atoms with van der Waals surface area (Å²) < 4.78 is 0. The highest BCUT2D eigenvalue weighted by molar-refractivity contribution is 6.31. The van der Waals surface area contributed by atoms with Crippen LogP contribution in [0.15, 0.2) is 48.5 Å². The minimum absolute atomic E-state index is 0.780. The molecule has 2 aromatic rings. The van der Waals surface area contributed by atoms with Gasteiger partial charge in [0.25, 0.3) is 0 Å². The van der Waals surface area contributed by atoms with E-state index in [0.717, 1.165) is 29.6 Å². The zero-order valence-corrected chi connectivity index (χ0v) is 12.5. The first-order valence-corrected chi connectivity index (χ1v) is 7.19. The van der Waals surface area contributed by atoms with Crippen LogP contribution in [0.1, 0.15) is 12.5 Å². The Hall–Kier alpha value is -1.18. The fraction of sp³-hybridized carbons (Fsp3) is 0.250. The van der Waals surface area contributed by atoms with Crippen LogP contribution in [-0.2, 0) is 6.42 Å². The van der Waals surface area contributed by atoms with Gasteiger partial charge in [-0.2, -0.15) is 0 Å². The van der Waals surface area contributed by atoms with E-state index in [0.29, 0.717) is 0 Å². The fourth-order valence-electron chi connectivity index (χ4n) is 2.06. The molecule has 0 amide bonds. The molecule has 0 unspecified atom stereocenters. The number of halogens is 2. The molecule has 0 aliphatic heterocycles. The molecule has 3 heteroatoms. The van der Waals surface area contributed by atoms with Crippen molar-refractivity contribution in [1.82, 2.24) is 0 Å². The predicted octanol–water partition coefficient (Wildman–Crippen LogP) is 5.06. The van der Waals surface area contributed by atoms with Gasteiger partial charge in [-0.25, -0.2) is 0 Å². The van der Waals surface area contributed by atoms with Crippen LogP contribution in [0.25, 0.3) is 0 Å². The molecule has 19 heavy (non-hydrogen) atoms. The van der Waals surface area contributed by atoms with Crippen LogP contribution in [0.3, 0.4) is 0 Å². The second-order valence-electron chi connectivity index (χ2n) is 4.44. The van der Waals surface area contributed by atoms with E-state index in [1.54, 1.807) is 0 Å². The van der Waals surface area contributed by atoms with Crippen LogP contribution < -0.4 is 4.90 Å². The summed E-state index contributed by atoms with van der Waals surface area (Å²) in [5.74, 6) is 0. The number of anilines is 1. The van der Waals surface area contributed by atoms with Gasteiger partial charge >= 0.3 is 0 Å². The van der Waals surface area contributed by atoms with Gasteiger partial charge in [-0.05, 0) is 49.2 Å². The molecule has 0 aliphatic rings. The summed E-state index contributed by atoms with van der Waals surface area (Å²) in [6.07, 6.45) is 0.998. The molecule has 0 bridgehead atoms. The molecular weight excluding hydrogens is 277 g/mol. The Morgan fingerprint density at radius 3 is 2.32 bits per heavy atom. The maximum atomic E-state index is 6.04. The van der Waals surface area contributed by atoms with Crippen LogP contribution in [-0.4, -0.2) is 13.1 Å². The van der Waals surface area contributed by atoms with Crippen LogP contribution in [0.2, 0.25) is 10.0 Å². The molecular formula is C16H17Cl2N. The lowest BCUT2D eigenvalue weighted by atomic mass is 10.1. The molecule has 0 saturated carbocycles. The molecule has 0 heterocycles. The van der Waals surface area contributed by atoms with Gasteiger partial charge in [0, 0.05) is 28.8 Å². The zero-order chi connectivity index (χ0) is 13.7. The minimum atomic E-state index is 0.780. The van der Waals surface area contributed by atoms with Gasteiger partial charge in [0.2, 0.25) is 0 Å². The average Bonchev–Trinajstić information content (AvgIpc) is 2.42. The van der Waals surface area contributed by atoms with E-state index in [1.807, 2.05) is 30.3 Å². The average molecular weight is 294 g/mol. The Kier molecular flexibility index (Phi) is 5.12. The molecule has 0 fully saturated rings. The minimum Gasteiger partial charge on any atom is -0.371 e. The summed E-state index contributed by atoms with van der Waals surface area (Å²) in [7, 11) is 0. The maximum Gasteiger partial charge on any atom is 0.0426 e. The summed E-state index contributed by atoms with van der Waals surface area (Å²) >= 11 is 11.9. The third-order valence-electron chi connectivity index (χ3n) is 3.14. The zero-order valence-electron chi connectivity index (χ0n) is 10.9. The third kappa shape index (κ3) is 4.15. The van der Waals surface area contributed by atoms with Crippen LogP contribution >= 0.6 is 23.2 Å². The molecule has 2 rings (SSSR count). The van der Waals surface area contributed by atoms with E-state index in [9.17, 15) is 0 Å². The second kappa shape index (κ2) is 6.83. The first kappa shape index (κ1) is 14.2. The van der Waals surface area contributed by atoms with E-state index >= 15 is 0 Å². The monoisotopic (exact) mass is 293 g/mol. The number of hydrogen-bond donors (Lipinski definition) is 0. The highest BCUT2D eigenvalue weighted by Gasteiger charge is 2.05. The molecule has 0 radical (unpaired) electrons. The van der Waals surface area contributed by atoms with Crippen LogP contribution in [0.4, 0.5) is 5.69 Å². The molecule has 0 aromatic heterocycles. The van der Waals surface area contributed by atoms with Crippen molar-refractivity contribution in [1.29, 1.82) is 0 Å². The predicted molar refractivity (Wildman–Crippen MR) is 84.5 cm³/mol. The largest absolute Gasteiger partial charge is 0.371 e. The normalized spacial score (nSPS) is 10.5. The van der Waals surface area contributed by atoms with Crippen molar-refractivity contribution < 1.29 is 0 Å². The Labute approximate surface area is 124 Å². The number of hydrogen-bond acceptors (Lipinski definition) is 1. The second-order valence-corrected chi connectivity index (χ2v) is 5.31. The van der Waals surface area contributed by atoms with Crippen molar-refractivity contribution in [2.24, 2.45) is 0 Å². The lowest BCUT2D eigenvalue weighted by Crippen LogP contribution is -2.25. The molecule has 2 aromatic carbocycles. The highest BCUT2D eigenvalue weighted by Crippen LogP contribution is 2.20. The van der Waals surface area contributed by atoms with E-state index in [1.165, 1.54) is 11.3 Å². The van der Waals surface area contributed by atoms with Crippen molar-refractivity contribution in [2.45, 2.75) is 13.3 Å². The van der Waals surface area contributed by atoms with E-state index in [2.05, 4.69) is 30.0 Å². The number of likely N-dealkylation sites (N-methyl/N-ethyl adjacent to an activating group) is 1. The number of benzene rings is 2. The molecule has 0 spiro atoms. The standard InChI is InChI=1S/C16H17Cl2N/c1-2-19(16-5-3-4-15(18)12-16)11-10-13-6-8-14(17)9-7-13/h3-9,12H,2,10-11H2,1H3. The highest BCUT2D eigenvalue weighted by atomic mass is 35.5. The molecule has 0 atom stereocenters. The summed E-state index contributed by atoms with van der Waals surface area (Å²) in [4.78, 5) is 2.32. The number of rotatable bonds is 5. The first-order chi connectivity index (χ1) is 9.19. The Morgan fingerprint density at radius 2 is 1.68 bits per heavy atom. The van der Waals surface area contributed by atoms with E-state index in [4.69, 9.17) is 23.2 Å². The molecule has 1 nitrogen and oxygen atoms in total. The van der Waals surface area contributed by atoms with Gasteiger partial charge in [-0.15, -0.1) is 0 Å². The lowest BCUT2D eigenvalue weighted by Gasteiger charge is -2.23. The number of nitrogens with zero attached hydrogens (tertiary/aromatic N) is 1. The quantitative estimate of drug-likeness (QED) is 0.744. The maximum absolute atomic E-state index is 6.04. The summed E-state index contributed by atoms with van der Waals surface area (Å²) in [5, 5.41) is 1.56. The van der Waals surface area contributed by atoms with Crippen LogP contribution in [0, 0.1) is 0 Å². The Balaban J connectivity index is 2.01. The topological polar surface area (TPSA) is 3.24 Å². The van der Waals surface area contributed by atoms with Crippen molar-refractivity contribution in [3.63, 3.8) is 0 Å². The lowest BCUT2D eigenvalue weighted by molar-refractivity contribution is 0.809. The van der Waals surface area contributed by atoms with Gasteiger partial charge in [0.1, 0.15) is 0 Å². The van der Waals surface area contributed by atoms with E-state index in [-0.39, 0.29) is 0 Å². The molecule has 0 aliphatic carbocycles. The van der Waals surface area contributed by atoms with Gasteiger partial charge in [-0.1, -0.05) is 41.4 Å². The molecule has 100 valence electrons. The molecule has 0 saturated heterocycles. The van der Waals surface area contributed by atoms with Gasteiger partial charge in [-0.3, -0.25) is 0 Å². The third-order valence-corrected chi connectivity index (χ3v) is 3.63. The first-order valence-electron chi connectivity index (χ1n) is 6.44. The van der Waals surface area contributed by atoms with Crippen molar-refractivity contribution in [2.75, 3.05) is 18.0 Å². The molecule has 0 N–H and O–H groups in total. The van der Waals surface area contributed by atoms with Gasteiger partial charge in [0.15, 0.2) is 0 Å². The van der Waals surface area contributed by atoms with Gasteiger partial charge in [0.05, 0.1) is 0 Å². The Bertz CT molecular complexity index is 523. The summed E-state index contributed by atoms with van der Waals surface area (Å²) in [6.45, 7) is 4.09. The van der Waals surface area contributed by atoms with E-state index < -0.39 is 0 Å². The Morgan fingerprint density at radius 1 is 0.947 bits per heavy atom. The summed E-state index contributed by atoms with van der Waals surface area (Å²) in [6, 6.07) is 16.0. The summed E-state index contributed by atoms with van der Waals surface area (Å²) in [5.41, 5.74) is 2.47.